The lowest BCUT2D eigenvalue weighted by atomic mass is 9.68. The molecule has 1 aromatic heterocycles. The molecule has 1 N–H and O–H groups in total. The highest BCUT2D eigenvalue weighted by Crippen LogP contribution is 2.63. The van der Waals surface area contributed by atoms with Crippen molar-refractivity contribution in [2.24, 2.45) is 16.7 Å². The summed E-state index contributed by atoms with van der Waals surface area (Å²) in [4.78, 5) is 0. The summed E-state index contributed by atoms with van der Waals surface area (Å²) >= 11 is 0.595. The van der Waals surface area contributed by atoms with Crippen molar-refractivity contribution in [2.45, 2.75) is 52.3 Å². The largest absolute Gasteiger partial charge is 0.445 e. The molecule has 3 nitrogen and oxygen atoms in total. The lowest BCUT2D eigenvalue weighted by Gasteiger charge is -2.42. The van der Waals surface area contributed by atoms with E-state index >= 15 is 0 Å². The molecule has 2 fully saturated rings. The van der Waals surface area contributed by atoms with Gasteiger partial charge in [0.25, 0.3) is 0 Å². The van der Waals surface area contributed by atoms with Crippen LogP contribution in [0.1, 0.15) is 45.0 Å². The summed E-state index contributed by atoms with van der Waals surface area (Å²) in [6.07, 6.45) is -0.927. The average molecular weight is 305 g/mol. The second-order valence-electron chi connectivity index (χ2n) is 6.90. The van der Waals surface area contributed by atoms with Crippen LogP contribution in [0.15, 0.2) is 0 Å². The third-order valence-corrected chi connectivity index (χ3v) is 6.10. The fourth-order valence-electron chi connectivity index (χ4n) is 4.18. The summed E-state index contributed by atoms with van der Waals surface area (Å²) in [6.45, 7) is 6.63. The number of rotatable bonds is 2. The maximum atomic E-state index is 12.6. The molecule has 0 saturated heterocycles. The molecule has 2 aliphatic carbocycles. The highest BCUT2D eigenvalue weighted by Gasteiger charge is 2.59. The summed E-state index contributed by atoms with van der Waals surface area (Å²) in [6, 6.07) is 0.155. The molecule has 20 heavy (non-hydrogen) atoms. The van der Waals surface area contributed by atoms with Crippen molar-refractivity contribution < 1.29 is 13.2 Å². The standard InChI is InChI=1S/C13H18F3N3S/c1-11(2)7-4-5-12(3,6-7)8(11)17-10-19-18-9(20-10)13(14,15)16/h7-8H,4-6H2,1-3H3,(H,17,19). The molecular weight excluding hydrogens is 287 g/mol. The van der Waals surface area contributed by atoms with Crippen molar-refractivity contribution in [3.63, 3.8) is 0 Å². The lowest BCUT2D eigenvalue weighted by Crippen LogP contribution is -2.45. The Kier molecular flexibility index (Phi) is 2.88. The van der Waals surface area contributed by atoms with Gasteiger partial charge in [-0.3, -0.25) is 0 Å². The monoisotopic (exact) mass is 305 g/mol. The second kappa shape index (κ2) is 4.08. The molecule has 2 saturated carbocycles. The Morgan fingerprint density at radius 2 is 1.95 bits per heavy atom. The summed E-state index contributed by atoms with van der Waals surface area (Å²) < 4.78 is 37.7. The van der Waals surface area contributed by atoms with Crippen LogP contribution in [0.4, 0.5) is 18.3 Å². The van der Waals surface area contributed by atoms with Crippen molar-refractivity contribution in [3.8, 4) is 0 Å². The minimum Gasteiger partial charge on any atom is -0.356 e. The van der Waals surface area contributed by atoms with Gasteiger partial charge in [0.15, 0.2) is 0 Å². The van der Waals surface area contributed by atoms with E-state index in [-0.39, 0.29) is 22.0 Å². The topological polar surface area (TPSA) is 37.8 Å². The minimum absolute atomic E-state index is 0.0804. The number of nitrogens with one attached hydrogen (secondary N) is 1. The number of aromatic nitrogens is 2. The molecule has 3 unspecified atom stereocenters. The van der Waals surface area contributed by atoms with E-state index in [0.29, 0.717) is 17.3 Å². The summed E-state index contributed by atoms with van der Waals surface area (Å²) in [5, 5.41) is 9.55. The number of nitrogens with zero attached hydrogens (tertiary/aromatic N) is 2. The molecule has 0 aliphatic heterocycles. The molecule has 112 valence electrons. The van der Waals surface area contributed by atoms with Crippen LogP contribution in [0.5, 0.6) is 0 Å². The van der Waals surface area contributed by atoms with Gasteiger partial charge in [0.05, 0.1) is 0 Å². The third kappa shape index (κ3) is 2.01. The lowest BCUT2D eigenvalue weighted by molar-refractivity contribution is -0.138. The quantitative estimate of drug-likeness (QED) is 0.890. The first kappa shape index (κ1) is 14.1. The summed E-state index contributed by atoms with van der Waals surface area (Å²) in [7, 11) is 0. The molecule has 0 aromatic carbocycles. The number of fused-ring (bicyclic) bond motifs is 2. The molecule has 1 aromatic rings. The molecule has 7 heteroatoms. The first-order valence-corrected chi connectivity index (χ1v) is 7.62. The van der Waals surface area contributed by atoms with Gasteiger partial charge in [-0.2, -0.15) is 13.2 Å². The van der Waals surface area contributed by atoms with Crippen molar-refractivity contribution in [3.05, 3.63) is 5.01 Å². The fourth-order valence-corrected chi connectivity index (χ4v) is 4.82. The van der Waals surface area contributed by atoms with Crippen LogP contribution >= 0.6 is 11.3 Å². The average Bonchev–Trinajstić information content (AvgIpc) is 2.94. The van der Waals surface area contributed by atoms with E-state index < -0.39 is 11.2 Å². The van der Waals surface area contributed by atoms with E-state index in [9.17, 15) is 13.2 Å². The van der Waals surface area contributed by atoms with Crippen molar-refractivity contribution in [2.75, 3.05) is 5.32 Å². The van der Waals surface area contributed by atoms with Crippen LogP contribution < -0.4 is 5.32 Å². The minimum atomic E-state index is -4.41. The van der Waals surface area contributed by atoms with Gasteiger partial charge in [-0.05, 0) is 36.0 Å². The Hall–Kier alpha value is -0.850. The maximum absolute atomic E-state index is 12.6. The summed E-state index contributed by atoms with van der Waals surface area (Å²) in [5.41, 5.74) is 0.231. The van der Waals surface area contributed by atoms with Crippen molar-refractivity contribution >= 4 is 16.5 Å². The number of halogens is 3. The van der Waals surface area contributed by atoms with Gasteiger partial charge in [-0.15, -0.1) is 10.2 Å². The van der Waals surface area contributed by atoms with Crippen LogP contribution in [-0.4, -0.2) is 16.2 Å². The Bertz CT molecular complexity index is 520. The molecule has 3 atom stereocenters. The smallest absolute Gasteiger partial charge is 0.356 e. The molecule has 2 bridgehead atoms. The molecule has 3 rings (SSSR count). The fraction of sp³-hybridized carbons (Fsp3) is 0.846. The van der Waals surface area contributed by atoms with E-state index in [0.717, 1.165) is 12.8 Å². The first-order valence-electron chi connectivity index (χ1n) is 6.80. The predicted molar refractivity (Wildman–Crippen MR) is 71.6 cm³/mol. The highest BCUT2D eigenvalue weighted by atomic mass is 32.1. The van der Waals surface area contributed by atoms with Gasteiger partial charge in [-0.25, -0.2) is 0 Å². The second-order valence-corrected chi connectivity index (χ2v) is 7.88. The van der Waals surface area contributed by atoms with Crippen LogP contribution in [0.2, 0.25) is 0 Å². The molecule has 0 radical (unpaired) electrons. The molecule has 1 heterocycles. The van der Waals surface area contributed by atoms with Gasteiger partial charge in [0.1, 0.15) is 0 Å². The van der Waals surface area contributed by atoms with Crippen LogP contribution in [0.25, 0.3) is 0 Å². The Balaban J connectivity index is 1.83. The van der Waals surface area contributed by atoms with Crippen LogP contribution in [0.3, 0.4) is 0 Å². The number of hydrogen-bond acceptors (Lipinski definition) is 4. The normalized spacial score (nSPS) is 35.5. The van der Waals surface area contributed by atoms with Crippen molar-refractivity contribution in [1.82, 2.24) is 10.2 Å². The Morgan fingerprint density at radius 1 is 1.25 bits per heavy atom. The molecular formula is C13H18F3N3S. The SMILES string of the molecule is CC12CCC(C1)C(C)(C)C2Nc1nnc(C(F)(F)F)s1. The van der Waals surface area contributed by atoms with Crippen LogP contribution in [-0.2, 0) is 6.18 Å². The first-order chi connectivity index (χ1) is 9.13. The zero-order chi connectivity index (χ0) is 14.8. The number of anilines is 1. The predicted octanol–water partition coefficient (Wildman–Crippen LogP) is 4.18. The molecule has 0 spiro atoms. The van der Waals surface area contributed by atoms with E-state index in [1.54, 1.807) is 0 Å². The zero-order valence-electron chi connectivity index (χ0n) is 11.7. The Morgan fingerprint density at radius 3 is 2.45 bits per heavy atom. The number of alkyl halides is 3. The maximum Gasteiger partial charge on any atom is 0.445 e. The van der Waals surface area contributed by atoms with Gasteiger partial charge >= 0.3 is 6.18 Å². The third-order valence-electron chi connectivity index (χ3n) is 5.21. The van der Waals surface area contributed by atoms with Gasteiger partial charge in [0, 0.05) is 6.04 Å². The zero-order valence-corrected chi connectivity index (χ0v) is 12.5. The highest BCUT2D eigenvalue weighted by molar-refractivity contribution is 7.15. The summed E-state index contributed by atoms with van der Waals surface area (Å²) in [5.74, 6) is 0.639. The van der Waals surface area contributed by atoms with E-state index in [1.807, 2.05) is 0 Å². The number of hydrogen-bond donors (Lipinski definition) is 1. The van der Waals surface area contributed by atoms with Crippen molar-refractivity contribution in [1.29, 1.82) is 0 Å². The van der Waals surface area contributed by atoms with Gasteiger partial charge in [0.2, 0.25) is 10.1 Å². The Labute approximate surface area is 120 Å². The van der Waals surface area contributed by atoms with E-state index in [4.69, 9.17) is 0 Å². The molecule has 0 amide bonds. The molecule has 2 aliphatic rings. The van der Waals surface area contributed by atoms with E-state index in [2.05, 4.69) is 36.3 Å². The van der Waals surface area contributed by atoms with Gasteiger partial charge in [-0.1, -0.05) is 32.1 Å². The van der Waals surface area contributed by atoms with E-state index in [1.165, 1.54) is 6.42 Å². The van der Waals surface area contributed by atoms with Gasteiger partial charge < -0.3 is 5.32 Å². The van der Waals surface area contributed by atoms with Crippen LogP contribution in [0, 0.1) is 16.7 Å².